The lowest BCUT2D eigenvalue weighted by atomic mass is 9.42. The van der Waals surface area contributed by atoms with Gasteiger partial charge in [-0.1, -0.05) is 11.6 Å². The van der Waals surface area contributed by atoms with E-state index in [9.17, 15) is 24.6 Å². The minimum Gasteiger partial charge on any atom is -0.455 e. The molecule has 1 unspecified atom stereocenters. The molecule has 1 spiro atoms. The number of hydrogen-bond acceptors (Lipinski definition) is 13. The van der Waals surface area contributed by atoms with E-state index >= 15 is 0 Å². The number of aliphatic hydroxyl groups excluding tert-OH is 1. The Hall–Kier alpha value is -2.36. The molecule has 270 valence electrons. The van der Waals surface area contributed by atoms with Gasteiger partial charge in [0.25, 0.3) is 0 Å². The van der Waals surface area contributed by atoms with Crippen LogP contribution in [-0.4, -0.2) is 136 Å². The molecule has 0 amide bonds. The number of ether oxygens (including phenoxy) is 7. The fraction of sp³-hybridized carbons (Fsp3) is 0.743. The number of hydrogen-bond donors (Lipinski definition) is 2. The number of aliphatic hydroxyl groups is 2. The summed E-state index contributed by atoms with van der Waals surface area (Å²) in [5, 5.41) is 25.5. The number of carbonyl (C=O) groups excluding carboxylic acids is 3. The van der Waals surface area contributed by atoms with Crippen molar-refractivity contribution in [2.75, 3.05) is 48.6 Å². The third-order valence-electron chi connectivity index (χ3n) is 13.2. The van der Waals surface area contributed by atoms with Crippen molar-refractivity contribution < 1.29 is 57.8 Å². The number of piperidine rings is 1. The first kappa shape index (κ1) is 35.1. The zero-order chi connectivity index (χ0) is 35.4. The van der Waals surface area contributed by atoms with Crippen LogP contribution in [0.1, 0.15) is 37.0 Å². The average Bonchev–Trinajstić information content (AvgIpc) is 3.43. The van der Waals surface area contributed by atoms with Crippen molar-refractivity contribution >= 4 is 29.5 Å². The van der Waals surface area contributed by atoms with Crippen LogP contribution in [0.25, 0.3) is 0 Å². The van der Waals surface area contributed by atoms with Gasteiger partial charge in [-0.3, -0.25) is 9.59 Å². The zero-order valence-electron chi connectivity index (χ0n) is 28.8. The van der Waals surface area contributed by atoms with E-state index in [0.717, 1.165) is 0 Å². The summed E-state index contributed by atoms with van der Waals surface area (Å²) in [6.07, 6.45) is -5.65. The van der Waals surface area contributed by atoms with Crippen molar-refractivity contribution in [1.29, 1.82) is 0 Å². The predicted molar refractivity (Wildman–Crippen MR) is 170 cm³/mol. The van der Waals surface area contributed by atoms with E-state index in [0.29, 0.717) is 11.6 Å². The van der Waals surface area contributed by atoms with Gasteiger partial charge >= 0.3 is 17.9 Å². The van der Waals surface area contributed by atoms with Gasteiger partial charge < -0.3 is 48.3 Å². The molecule has 1 aromatic carbocycles. The van der Waals surface area contributed by atoms with Crippen LogP contribution in [0.4, 0.5) is 0 Å². The predicted octanol–water partition coefficient (Wildman–Crippen LogP) is 1.48. The Labute approximate surface area is 290 Å². The number of carbonyl (C=O) groups is 3. The Morgan fingerprint density at radius 1 is 0.939 bits per heavy atom. The minimum atomic E-state index is -1.90. The molecule has 0 aromatic heterocycles. The maximum absolute atomic E-state index is 13.9. The number of rotatable bonds is 9. The first-order valence-electron chi connectivity index (χ1n) is 16.8. The van der Waals surface area contributed by atoms with E-state index in [4.69, 9.17) is 44.8 Å². The third kappa shape index (κ3) is 4.27. The van der Waals surface area contributed by atoms with Crippen molar-refractivity contribution in [2.45, 2.75) is 80.6 Å². The number of halogens is 1. The van der Waals surface area contributed by atoms with E-state index in [2.05, 4.69) is 4.90 Å². The van der Waals surface area contributed by atoms with Gasteiger partial charge in [0.05, 0.1) is 30.5 Å². The Balaban J connectivity index is 1.54. The van der Waals surface area contributed by atoms with Crippen LogP contribution in [0.15, 0.2) is 24.3 Å². The Bertz CT molecular complexity index is 1510. The molecule has 15 atom stereocenters. The molecule has 7 rings (SSSR count). The highest BCUT2D eigenvalue weighted by Gasteiger charge is 2.92. The average molecular weight is 708 g/mol. The van der Waals surface area contributed by atoms with Crippen molar-refractivity contribution in [3.63, 3.8) is 0 Å². The summed E-state index contributed by atoms with van der Waals surface area (Å²) in [7, 11) is 8.14. The Morgan fingerprint density at radius 3 is 2.20 bits per heavy atom. The topological polar surface area (TPSA) is 160 Å². The van der Waals surface area contributed by atoms with Gasteiger partial charge in [0.15, 0.2) is 11.7 Å². The van der Waals surface area contributed by atoms with Gasteiger partial charge in [0, 0.05) is 94.9 Å². The number of benzene rings is 1. The maximum Gasteiger partial charge on any atom is 0.338 e. The van der Waals surface area contributed by atoms with Crippen LogP contribution in [0.2, 0.25) is 5.02 Å². The van der Waals surface area contributed by atoms with E-state index in [-0.39, 0.29) is 25.0 Å². The van der Waals surface area contributed by atoms with Gasteiger partial charge in [0.1, 0.15) is 17.8 Å². The molecule has 1 aromatic rings. The third-order valence-corrected chi connectivity index (χ3v) is 13.5. The summed E-state index contributed by atoms with van der Waals surface area (Å²) in [5.74, 6) is -4.66. The lowest BCUT2D eigenvalue weighted by Gasteiger charge is -2.70. The van der Waals surface area contributed by atoms with E-state index in [1.807, 2.05) is 7.05 Å². The molecule has 14 heteroatoms. The molecule has 5 saturated carbocycles. The smallest absolute Gasteiger partial charge is 0.338 e. The highest BCUT2D eigenvalue weighted by atomic mass is 35.5. The van der Waals surface area contributed by atoms with Gasteiger partial charge in [-0.25, -0.2) is 4.79 Å². The molecule has 7 bridgehead atoms. The Kier molecular flexibility index (Phi) is 8.47. The monoisotopic (exact) mass is 707 g/mol. The number of fused-ring (bicyclic) bond motifs is 2. The lowest BCUT2D eigenvalue weighted by molar-refractivity contribution is -0.322. The van der Waals surface area contributed by atoms with Crippen LogP contribution in [0, 0.1) is 34.5 Å². The molecular weight excluding hydrogens is 662 g/mol. The first-order valence-corrected chi connectivity index (χ1v) is 17.1. The normalized spacial score (nSPS) is 47.4. The molecule has 2 N–H and O–H groups in total. The minimum absolute atomic E-state index is 0.0263. The second-order valence-corrected chi connectivity index (χ2v) is 15.4. The van der Waals surface area contributed by atoms with Crippen LogP contribution in [0.3, 0.4) is 0 Å². The lowest BCUT2D eigenvalue weighted by Crippen LogP contribution is -2.81. The summed E-state index contributed by atoms with van der Waals surface area (Å²) in [6, 6.07) is 5.79. The molecule has 6 fully saturated rings. The number of esters is 3. The standard InChI is InChI=1S/C35H46ClNO12/c1-16(38)47-30-29(46-7)33(42)13-20-23(28(33)48-31(41)18-8-10-19(36)11-9-18)35(30,49-17(2)39)24-25(45-6)26-32(15-43-4)14-37(3)27(24)34(20,26)22(44-5)12-21(32)40/h8-11,20-30,40,42H,12-15H2,1-7H3/t20-,21-,22+,23-,24-,25+,26-,27?,28-,29+,30+,32+,33-,34+,35-/m1/s1. The highest BCUT2D eigenvalue weighted by Crippen LogP contribution is 2.80. The van der Waals surface area contributed by atoms with E-state index in [1.54, 1.807) is 33.5 Å². The van der Waals surface area contributed by atoms with Gasteiger partial charge in [-0.05, 0) is 43.7 Å². The molecule has 5 aliphatic carbocycles. The van der Waals surface area contributed by atoms with Crippen molar-refractivity contribution in [2.24, 2.45) is 34.5 Å². The van der Waals surface area contributed by atoms with E-state index in [1.165, 1.54) is 33.1 Å². The quantitative estimate of drug-likeness (QED) is 0.281. The molecular formula is C35H46ClNO12. The molecule has 49 heavy (non-hydrogen) atoms. The second kappa shape index (κ2) is 11.8. The maximum atomic E-state index is 13.9. The molecule has 0 radical (unpaired) electrons. The summed E-state index contributed by atoms with van der Waals surface area (Å²) in [6.45, 7) is 3.17. The van der Waals surface area contributed by atoms with Crippen LogP contribution in [0.5, 0.6) is 0 Å². The molecule has 1 heterocycles. The fourth-order valence-electron chi connectivity index (χ4n) is 12.5. The summed E-state index contributed by atoms with van der Waals surface area (Å²) in [4.78, 5) is 42.5. The largest absolute Gasteiger partial charge is 0.455 e. The van der Waals surface area contributed by atoms with Gasteiger partial charge in [-0.2, -0.15) is 0 Å². The Morgan fingerprint density at radius 2 is 1.63 bits per heavy atom. The number of nitrogens with zero attached hydrogens (tertiary/aromatic N) is 1. The SMILES string of the molecule is COC[C@]12CN(C)C3[C@H]4[C@H](OC)[C@H]1[C@@]3([C@@H](OC)C[C@H]2O)[C@@H]1C[C@@]2(O)[C@H](OC(=O)c3ccc(Cl)cc3)[C@@H]1[C@]4(OC(C)=O)[C@@H](OC(C)=O)[C@@H]2OC. The number of methoxy groups -OCH3 is 4. The molecule has 6 aliphatic rings. The summed E-state index contributed by atoms with van der Waals surface area (Å²) in [5.41, 5.74) is -5.10. The molecule has 13 nitrogen and oxygen atoms in total. The van der Waals surface area contributed by atoms with Crippen LogP contribution < -0.4 is 0 Å². The fourth-order valence-corrected chi connectivity index (χ4v) is 12.6. The molecule has 1 aliphatic heterocycles. The first-order chi connectivity index (χ1) is 23.2. The second-order valence-electron chi connectivity index (χ2n) is 15.0. The molecule has 1 saturated heterocycles. The van der Waals surface area contributed by atoms with E-state index < -0.39 is 106 Å². The van der Waals surface area contributed by atoms with Crippen molar-refractivity contribution in [3.8, 4) is 0 Å². The van der Waals surface area contributed by atoms with Gasteiger partial charge in [-0.15, -0.1) is 0 Å². The summed E-state index contributed by atoms with van der Waals surface area (Å²) < 4.78 is 43.9. The zero-order valence-corrected chi connectivity index (χ0v) is 29.5. The van der Waals surface area contributed by atoms with Gasteiger partial charge in [0.2, 0.25) is 0 Å². The summed E-state index contributed by atoms with van der Waals surface area (Å²) >= 11 is 6.11. The van der Waals surface area contributed by atoms with Crippen LogP contribution in [-0.2, 0) is 42.7 Å². The van der Waals surface area contributed by atoms with Crippen molar-refractivity contribution in [1.82, 2.24) is 4.90 Å². The van der Waals surface area contributed by atoms with Crippen LogP contribution >= 0.6 is 11.6 Å². The highest BCUT2D eigenvalue weighted by molar-refractivity contribution is 6.30. The van der Waals surface area contributed by atoms with Crippen molar-refractivity contribution in [3.05, 3.63) is 34.9 Å². The number of likely N-dealkylation sites (tertiary alicyclic amines) is 1.